The topological polar surface area (TPSA) is 68.4 Å². The molecule has 1 aliphatic heterocycles. The molecule has 6 nitrogen and oxygen atoms in total. The van der Waals surface area contributed by atoms with Gasteiger partial charge < -0.3 is 20.1 Å². The van der Waals surface area contributed by atoms with Gasteiger partial charge in [-0.1, -0.05) is 0 Å². The quantitative estimate of drug-likeness (QED) is 0.861. The van der Waals surface area contributed by atoms with E-state index in [0.717, 1.165) is 16.6 Å². The van der Waals surface area contributed by atoms with Gasteiger partial charge in [-0.2, -0.15) is 0 Å². The molecule has 0 spiro atoms. The summed E-state index contributed by atoms with van der Waals surface area (Å²) < 4.78 is 13.3. The van der Waals surface area contributed by atoms with Gasteiger partial charge in [-0.05, 0) is 38.1 Å². The van der Waals surface area contributed by atoms with Gasteiger partial charge >= 0.3 is 6.03 Å². The molecule has 0 unspecified atom stereocenters. The van der Waals surface area contributed by atoms with Crippen LogP contribution in [0.3, 0.4) is 0 Å². The molecule has 2 aromatic rings. The Bertz CT molecular complexity index is 817. The fraction of sp³-hybridized carbons (Fsp3) is 0.474. The van der Waals surface area contributed by atoms with E-state index >= 15 is 0 Å². The number of carbonyl (C=O) groups is 2. The maximum atomic E-state index is 13.3. The number of benzene rings is 1. The van der Waals surface area contributed by atoms with Crippen molar-refractivity contribution < 1.29 is 14.0 Å². The van der Waals surface area contributed by atoms with Gasteiger partial charge in [0.1, 0.15) is 5.82 Å². The molecule has 1 saturated heterocycles. The van der Waals surface area contributed by atoms with Gasteiger partial charge in [0.25, 0.3) is 0 Å². The first kappa shape index (κ1) is 18.2. The van der Waals surface area contributed by atoms with Gasteiger partial charge in [-0.15, -0.1) is 0 Å². The van der Waals surface area contributed by atoms with Crippen LogP contribution in [0.5, 0.6) is 0 Å². The molecule has 0 saturated carbocycles. The zero-order valence-corrected chi connectivity index (χ0v) is 15.4. The number of urea groups is 1. The monoisotopic (exact) mass is 360 g/mol. The van der Waals surface area contributed by atoms with Crippen LogP contribution in [-0.4, -0.2) is 52.9 Å². The van der Waals surface area contributed by atoms with Crippen molar-refractivity contribution in [1.29, 1.82) is 0 Å². The minimum atomic E-state index is -0.282. The summed E-state index contributed by atoms with van der Waals surface area (Å²) in [6, 6.07) is 6.41. The number of nitrogens with one attached hydrogen (secondary N) is 2. The van der Waals surface area contributed by atoms with Gasteiger partial charge in [0, 0.05) is 55.1 Å². The Morgan fingerprint density at radius 3 is 2.88 bits per heavy atom. The number of carbonyl (C=O) groups excluding carboxylic acids is 2. The lowest BCUT2D eigenvalue weighted by Gasteiger charge is -2.22. The molecule has 0 bridgehead atoms. The minimum Gasteiger partial charge on any atom is -0.357 e. The molecule has 1 aliphatic rings. The molecule has 2 N–H and O–H groups in total. The number of amides is 3. The number of likely N-dealkylation sites (tertiary alicyclic amines) is 1. The summed E-state index contributed by atoms with van der Waals surface area (Å²) in [5.74, 6) is 0.0203. The van der Waals surface area contributed by atoms with E-state index in [4.69, 9.17) is 0 Å². The van der Waals surface area contributed by atoms with Crippen molar-refractivity contribution in [1.82, 2.24) is 20.1 Å². The molecule has 2 heterocycles. The Hall–Kier alpha value is -2.57. The van der Waals surface area contributed by atoms with Crippen molar-refractivity contribution in [3.05, 3.63) is 35.8 Å². The van der Waals surface area contributed by atoms with Crippen LogP contribution in [0.4, 0.5) is 9.18 Å². The first-order valence-corrected chi connectivity index (χ1v) is 8.89. The molecule has 140 valence electrons. The standard InChI is InChI=1S/C19H25FN4O2/c1-12(2)24-10-13(6-18(24)25)9-21-19(26)23(3)11-16-8-14-7-15(20)4-5-17(14)22-16/h4-5,7-8,12-13,22H,6,9-11H2,1-3H3,(H,21,26)/t13-/m1/s1. The molecule has 3 amide bonds. The summed E-state index contributed by atoms with van der Waals surface area (Å²) in [6.07, 6.45) is 0.482. The predicted octanol–water partition coefficient (Wildman–Crippen LogP) is 2.71. The van der Waals surface area contributed by atoms with E-state index in [2.05, 4.69) is 10.3 Å². The van der Waals surface area contributed by atoms with Crippen molar-refractivity contribution in [2.75, 3.05) is 20.1 Å². The smallest absolute Gasteiger partial charge is 0.317 e. The lowest BCUT2D eigenvalue weighted by Crippen LogP contribution is -2.40. The van der Waals surface area contributed by atoms with Crippen LogP contribution in [0.25, 0.3) is 10.9 Å². The lowest BCUT2D eigenvalue weighted by molar-refractivity contribution is -0.129. The van der Waals surface area contributed by atoms with Gasteiger partial charge in [0.05, 0.1) is 6.54 Å². The third kappa shape index (κ3) is 3.98. The number of nitrogens with zero attached hydrogens (tertiary/aromatic N) is 2. The third-order valence-corrected chi connectivity index (χ3v) is 4.80. The number of hydrogen-bond acceptors (Lipinski definition) is 2. The van der Waals surface area contributed by atoms with E-state index in [-0.39, 0.29) is 29.7 Å². The molecule has 1 fully saturated rings. The second-order valence-electron chi connectivity index (χ2n) is 7.28. The van der Waals surface area contributed by atoms with E-state index in [1.54, 1.807) is 18.0 Å². The minimum absolute atomic E-state index is 0.151. The lowest BCUT2D eigenvalue weighted by atomic mass is 10.1. The van der Waals surface area contributed by atoms with E-state index < -0.39 is 0 Å². The van der Waals surface area contributed by atoms with E-state index in [1.807, 2.05) is 24.8 Å². The van der Waals surface area contributed by atoms with E-state index in [0.29, 0.717) is 26.1 Å². The first-order valence-electron chi connectivity index (χ1n) is 8.89. The van der Waals surface area contributed by atoms with Crippen molar-refractivity contribution in [2.45, 2.75) is 32.9 Å². The molecule has 0 radical (unpaired) electrons. The van der Waals surface area contributed by atoms with Crippen LogP contribution in [0, 0.1) is 11.7 Å². The van der Waals surface area contributed by atoms with Crippen LogP contribution < -0.4 is 5.32 Å². The zero-order chi connectivity index (χ0) is 18.8. The van der Waals surface area contributed by atoms with Crippen LogP contribution in [-0.2, 0) is 11.3 Å². The summed E-state index contributed by atoms with van der Waals surface area (Å²) >= 11 is 0. The maximum absolute atomic E-state index is 13.3. The van der Waals surface area contributed by atoms with Crippen molar-refractivity contribution in [2.24, 2.45) is 5.92 Å². The van der Waals surface area contributed by atoms with Crippen LogP contribution >= 0.6 is 0 Å². The molecule has 0 aliphatic carbocycles. The highest BCUT2D eigenvalue weighted by atomic mass is 19.1. The van der Waals surface area contributed by atoms with Crippen molar-refractivity contribution in [3.8, 4) is 0 Å². The van der Waals surface area contributed by atoms with Gasteiger partial charge in [0.2, 0.25) is 5.91 Å². The second kappa shape index (κ2) is 7.35. The Balaban J connectivity index is 1.52. The molecule has 1 aromatic heterocycles. The summed E-state index contributed by atoms with van der Waals surface area (Å²) in [5, 5.41) is 3.69. The molecular formula is C19H25FN4O2. The number of halogens is 1. The third-order valence-electron chi connectivity index (χ3n) is 4.80. The Morgan fingerprint density at radius 1 is 1.42 bits per heavy atom. The SMILES string of the molecule is CC(C)N1C[C@@H](CNC(=O)N(C)Cc2cc3cc(F)ccc3[nH]2)CC1=O. The molecular weight excluding hydrogens is 335 g/mol. The van der Waals surface area contributed by atoms with Crippen LogP contribution in [0.1, 0.15) is 26.0 Å². The van der Waals surface area contributed by atoms with E-state index in [1.165, 1.54) is 12.1 Å². The maximum Gasteiger partial charge on any atom is 0.317 e. The van der Waals surface area contributed by atoms with Crippen LogP contribution in [0.15, 0.2) is 24.3 Å². The molecule has 1 atom stereocenters. The van der Waals surface area contributed by atoms with Crippen molar-refractivity contribution >= 4 is 22.8 Å². The number of aromatic nitrogens is 1. The molecule has 26 heavy (non-hydrogen) atoms. The number of H-pyrrole nitrogens is 1. The Morgan fingerprint density at radius 2 is 2.19 bits per heavy atom. The molecule has 7 heteroatoms. The van der Waals surface area contributed by atoms with Gasteiger partial charge in [-0.25, -0.2) is 9.18 Å². The fourth-order valence-corrected chi connectivity index (χ4v) is 3.39. The normalized spacial score (nSPS) is 17.3. The summed E-state index contributed by atoms with van der Waals surface area (Å²) in [7, 11) is 1.71. The highest BCUT2D eigenvalue weighted by molar-refractivity contribution is 5.81. The van der Waals surface area contributed by atoms with Gasteiger partial charge in [0.15, 0.2) is 0 Å². The van der Waals surface area contributed by atoms with Crippen molar-refractivity contribution in [3.63, 3.8) is 0 Å². The average molecular weight is 360 g/mol. The zero-order valence-electron chi connectivity index (χ0n) is 15.4. The van der Waals surface area contributed by atoms with Gasteiger partial charge in [-0.3, -0.25) is 4.79 Å². The summed E-state index contributed by atoms with van der Waals surface area (Å²) in [6.45, 7) is 5.56. The number of aromatic amines is 1. The highest BCUT2D eigenvalue weighted by Gasteiger charge is 2.31. The first-order chi connectivity index (χ1) is 12.3. The molecule has 1 aromatic carbocycles. The summed E-state index contributed by atoms with van der Waals surface area (Å²) in [5.41, 5.74) is 1.68. The predicted molar refractivity (Wildman–Crippen MR) is 98.1 cm³/mol. The number of hydrogen-bond donors (Lipinski definition) is 2. The van der Waals surface area contributed by atoms with E-state index in [9.17, 15) is 14.0 Å². The highest BCUT2D eigenvalue weighted by Crippen LogP contribution is 2.20. The Labute approximate surface area is 152 Å². The largest absolute Gasteiger partial charge is 0.357 e. The summed E-state index contributed by atoms with van der Waals surface area (Å²) in [4.78, 5) is 30.8. The second-order valence-corrected chi connectivity index (χ2v) is 7.28. The van der Waals surface area contributed by atoms with Crippen LogP contribution in [0.2, 0.25) is 0 Å². The average Bonchev–Trinajstić information content (AvgIpc) is 3.14. The number of fused-ring (bicyclic) bond motifs is 1. The molecule has 3 rings (SSSR count). The number of rotatable bonds is 5. The Kier molecular flexibility index (Phi) is 5.15. The fourth-order valence-electron chi connectivity index (χ4n) is 3.39.